The van der Waals surface area contributed by atoms with Gasteiger partial charge in [-0.3, -0.25) is 4.79 Å². The molecule has 0 aromatic heterocycles. The lowest BCUT2D eigenvalue weighted by molar-refractivity contribution is -0.124. The number of amides is 1. The minimum atomic E-state index is -2.97. The van der Waals surface area contributed by atoms with Crippen molar-refractivity contribution in [2.45, 2.75) is 25.2 Å². The average molecular weight is 255 g/mol. The van der Waals surface area contributed by atoms with Gasteiger partial charge in [0.15, 0.2) is 0 Å². The van der Waals surface area contributed by atoms with Gasteiger partial charge in [0.25, 0.3) is 5.92 Å². The lowest BCUT2D eigenvalue weighted by Crippen LogP contribution is -2.42. The molecule has 0 radical (unpaired) electrons. The largest absolute Gasteiger partial charge is 0.350 e. The number of carbonyl (C=O) groups is 1. The van der Waals surface area contributed by atoms with Crippen LogP contribution >= 0.6 is 12.4 Å². The lowest BCUT2D eigenvalue weighted by atomic mass is 10.1. The number of carbonyl (C=O) groups excluding carboxylic acids is 1. The van der Waals surface area contributed by atoms with Gasteiger partial charge in [0.1, 0.15) is 0 Å². The van der Waals surface area contributed by atoms with Crippen molar-refractivity contribution >= 4 is 18.3 Å². The summed E-state index contributed by atoms with van der Waals surface area (Å²) in [6.45, 7) is -1.34. The molecule has 2 aliphatic rings. The third-order valence-corrected chi connectivity index (χ3v) is 3.53. The lowest BCUT2D eigenvalue weighted by Gasteiger charge is -2.14. The molecule has 3 nitrogen and oxygen atoms in total. The number of halogens is 3. The number of fused-ring (bicyclic) bond motifs is 1. The van der Waals surface area contributed by atoms with Gasteiger partial charge >= 0.3 is 0 Å². The molecule has 6 heteroatoms. The molecule has 0 bridgehead atoms. The van der Waals surface area contributed by atoms with Crippen LogP contribution in [0.3, 0.4) is 0 Å². The first-order chi connectivity index (χ1) is 7.05. The Morgan fingerprint density at radius 2 is 1.94 bits per heavy atom. The molecule has 16 heavy (non-hydrogen) atoms. The highest BCUT2D eigenvalue weighted by Crippen LogP contribution is 2.57. The van der Waals surface area contributed by atoms with Gasteiger partial charge in [-0.05, 0) is 24.7 Å². The van der Waals surface area contributed by atoms with Crippen LogP contribution in [-0.4, -0.2) is 24.9 Å². The van der Waals surface area contributed by atoms with E-state index in [9.17, 15) is 13.6 Å². The van der Waals surface area contributed by atoms with E-state index in [1.54, 1.807) is 0 Å². The first kappa shape index (κ1) is 13.6. The van der Waals surface area contributed by atoms with Crippen LogP contribution < -0.4 is 11.1 Å². The van der Waals surface area contributed by atoms with E-state index >= 15 is 0 Å². The predicted octanol–water partition coefficient (Wildman–Crippen LogP) is 1.16. The summed E-state index contributed by atoms with van der Waals surface area (Å²) in [5.41, 5.74) is 4.87. The van der Waals surface area contributed by atoms with E-state index in [0.29, 0.717) is 11.8 Å². The van der Waals surface area contributed by atoms with Gasteiger partial charge < -0.3 is 11.1 Å². The number of hydrogen-bond acceptors (Lipinski definition) is 2. The maximum absolute atomic E-state index is 12.7. The second-order valence-electron chi connectivity index (χ2n) is 4.56. The molecule has 2 aliphatic carbocycles. The normalized spacial score (nSPS) is 31.6. The summed E-state index contributed by atoms with van der Waals surface area (Å²) in [6, 6.07) is 0. The van der Waals surface area contributed by atoms with Gasteiger partial charge in [0, 0.05) is 5.92 Å². The van der Waals surface area contributed by atoms with Crippen LogP contribution in [0.15, 0.2) is 0 Å². The summed E-state index contributed by atoms with van der Waals surface area (Å²) in [6.07, 6.45) is 3.34. The Morgan fingerprint density at radius 1 is 1.38 bits per heavy atom. The summed E-state index contributed by atoms with van der Waals surface area (Å²) >= 11 is 0. The minimum Gasteiger partial charge on any atom is -0.350 e. The SMILES string of the molecule is Cl.NCC(F)(F)CNC(=O)C1C2CCCC21. The molecular formula is C10H17ClF2N2O. The van der Waals surface area contributed by atoms with Crippen molar-refractivity contribution in [3.63, 3.8) is 0 Å². The van der Waals surface area contributed by atoms with Gasteiger partial charge in [-0.2, -0.15) is 0 Å². The molecule has 1 amide bonds. The Balaban J connectivity index is 0.00000128. The Labute approximate surface area is 99.5 Å². The zero-order valence-electron chi connectivity index (χ0n) is 8.92. The smallest absolute Gasteiger partial charge is 0.277 e. The Kier molecular flexibility index (Phi) is 4.12. The molecular weight excluding hydrogens is 238 g/mol. The van der Waals surface area contributed by atoms with Gasteiger partial charge in [-0.25, -0.2) is 8.78 Å². The van der Waals surface area contributed by atoms with E-state index in [1.165, 1.54) is 6.42 Å². The number of alkyl halides is 2. The Bertz CT molecular complexity index is 266. The van der Waals surface area contributed by atoms with E-state index in [-0.39, 0.29) is 24.2 Å². The fraction of sp³-hybridized carbons (Fsp3) is 0.900. The van der Waals surface area contributed by atoms with E-state index in [4.69, 9.17) is 5.73 Å². The maximum Gasteiger partial charge on any atom is 0.277 e. The summed E-state index contributed by atoms with van der Waals surface area (Å²) in [5.74, 6) is -2.24. The van der Waals surface area contributed by atoms with E-state index in [0.717, 1.165) is 12.8 Å². The number of hydrogen-bond donors (Lipinski definition) is 2. The van der Waals surface area contributed by atoms with Crippen LogP contribution in [0.2, 0.25) is 0 Å². The van der Waals surface area contributed by atoms with Crippen LogP contribution in [0.5, 0.6) is 0 Å². The predicted molar refractivity (Wildman–Crippen MR) is 58.6 cm³/mol. The molecule has 0 heterocycles. The van der Waals surface area contributed by atoms with E-state index < -0.39 is 19.0 Å². The molecule has 0 aliphatic heterocycles. The van der Waals surface area contributed by atoms with Crippen molar-refractivity contribution in [3.8, 4) is 0 Å². The minimum absolute atomic E-state index is 0. The molecule has 0 saturated heterocycles. The van der Waals surface area contributed by atoms with Crippen molar-refractivity contribution < 1.29 is 13.6 Å². The first-order valence-electron chi connectivity index (χ1n) is 5.41. The second-order valence-corrected chi connectivity index (χ2v) is 4.56. The molecule has 2 fully saturated rings. The second kappa shape index (κ2) is 4.84. The molecule has 2 saturated carbocycles. The van der Waals surface area contributed by atoms with Crippen LogP contribution in [-0.2, 0) is 4.79 Å². The molecule has 2 unspecified atom stereocenters. The van der Waals surface area contributed by atoms with Crippen molar-refractivity contribution in [1.82, 2.24) is 5.32 Å². The van der Waals surface area contributed by atoms with Crippen LogP contribution in [0.4, 0.5) is 8.78 Å². The topological polar surface area (TPSA) is 55.1 Å². The third-order valence-electron chi connectivity index (χ3n) is 3.53. The van der Waals surface area contributed by atoms with Crippen LogP contribution in [0, 0.1) is 17.8 Å². The quantitative estimate of drug-likeness (QED) is 0.791. The first-order valence-corrected chi connectivity index (χ1v) is 5.41. The van der Waals surface area contributed by atoms with E-state index in [1.807, 2.05) is 0 Å². The highest BCUT2D eigenvalue weighted by molar-refractivity contribution is 5.85. The van der Waals surface area contributed by atoms with Crippen LogP contribution in [0.25, 0.3) is 0 Å². The highest BCUT2D eigenvalue weighted by atomic mass is 35.5. The van der Waals surface area contributed by atoms with Gasteiger partial charge in [-0.15, -0.1) is 12.4 Å². The van der Waals surface area contributed by atoms with Crippen LogP contribution in [0.1, 0.15) is 19.3 Å². The Hall–Kier alpha value is -0.420. The monoisotopic (exact) mass is 254 g/mol. The van der Waals surface area contributed by atoms with E-state index in [2.05, 4.69) is 5.32 Å². The number of nitrogens with one attached hydrogen (secondary N) is 1. The van der Waals surface area contributed by atoms with Crippen molar-refractivity contribution in [1.29, 1.82) is 0 Å². The fourth-order valence-electron chi connectivity index (χ4n) is 2.62. The molecule has 3 N–H and O–H groups in total. The summed E-state index contributed by atoms with van der Waals surface area (Å²) in [7, 11) is 0. The molecule has 0 aromatic rings. The fourth-order valence-corrected chi connectivity index (χ4v) is 2.62. The third kappa shape index (κ3) is 2.63. The number of rotatable bonds is 4. The van der Waals surface area contributed by atoms with Gasteiger partial charge in [-0.1, -0.05) is 6.42 Å². The highest BCUT2D eigenvalue weighted by Gasteiger charge is 2.56. The standard InChI is InChI=1S/C10H16F2N2O.ClH/c11-10(12,4-13)5-14-9(15)8-6-2-1-3-7(6)8;/h6-8H,1-5,13H2,(H,14,15);1H. The molecule has 2 atom stereocenters. The number of nitrogens with two attached hydrogens (primary N) is 1. The van der Waals surface area contributed by atoms with Crippen molar-refractivity contribution in [2.75, 3.05) is 13.1 Å². The van der Waals surface area contributed by atoms with Crippen molar-refractivity contribution in [3.05, 3.63) is 0 Å². The molecule has 94 valence electrons. The molecule has 0 spiro atoms. The average Bonchev–Trinajstić information content (AvgIpc) is 2.69. The molecule has 0 aromatic carbocycles. The summed E-state index contributed by atoms with van der Waals surface area (Å²) in [4.78, 5) is 11.5. The summed E-state index contributed by atoms with van der Waals surface area (Å²) in [5, 5.41) is 2.30. The molecule has 2 rings (SSSR count). The summed E-state index contributed by atoms with van der Waals surface area (Å²) < 4.78 is 25.5. The van der Waals surface area contributed by atoms with Gasteiger partial charge in [0.2, 0.25) is 5.91 Å². The van der Waals surface area contributed by atoms with Crippen molar-refractivity contribution in [2.24, 2.45) is 23.5 Å². The zero-order chi connectivity index (χ0) is 11.1. The Morgan fingerprint density at radius 3 is 2.44 bits per heavy atom. The maximum atomic E-state index is 12.7. The zero-order valence-corrected chi connectivity index (χ0v) is 9.73. The van der Waals surface area contributed by atoms with Gasteiger partial charge in [0.05, 0.1) is 13.1 Å².